The Hall–Kier alpha value is -2.80. The van der Waals surface area contributed by atoms with Gasteiger partial charge in [0.1, 0.15) is 17.5 Å². The number of rotatable bonds is 5. The summed E-state index contributed by atoms with van der Waals surface area (Å²) >= 11 is 0. The Kier molecular flexibility index (Phi) is 4.39. The molecule has 3 aromatic rings. The normalized spacial score (nSPS) is 22.0. The van der Waals surface area contributed by atoms with Crippen molar-refractivity contribution < 1.29 is 18.0 Å². The van der Waals surface area contributed by atoms with Gasteiger partial charge in [-0.15, -0.1) is 0 Å². The molecule has 2 saturated carbocycles. The zero-order valence-electron chi connectivity index (χ0n) is 16.5. The maximum atomic E-state index is 14.4. The highest BCUT2D eigenvalue weighted by atomic mass is 19.1. The lowest BCUT2D eigenvalue weighted by Crippen LogP contribution is -2.52. The number of nitrogens with one attached hydrogen (secondary N) is 3. The number of carbonyl (C=O) groups excluding carboxylic acids is 1. The number of halogens is 3. The van der Waals surface area contributed by atoms with Crippen LogP contribution in [0.5, 0.6) is 0 Å². The SMILES string of the molecule is CNC1(C(=O)N[C@H]2C[C@H](c3c(-c4ccc(F)cc4)[nH]c4c(F)cc(F)cc43)C2)CC1. The van der Waals surface area contributed by atoms with Crippen molar-refractivity contribution in [1.29, 1.82) is 0 Å². The molecule has 7 heteroatoms. The van der Waals surface area contributed by atoms with E-state index >= 15 is 0 Å². The molecule has 0 atom stereocenters. The molecule has 1 heterocycles. The highest BCUT2D eigenvalue weighted by Crippen LogP contribution is 2.46. The molecule has 0 aliphatic heterocycles. The van der Waals surface area contributed by atoms with Gasteiger partial charge in [0.2, 0.25) is 5.91 Å². The van der Waals surface area contributed by atoms with E-state index in [1.54, 1.807) is 19.2 Å². The zero-order valence-corrected chi connectivity index (χ0v) is 16.5. The fourth-order valence-electron chi connectivity index (χ4n) is 4.52. The van der Waals surface area contributed by atoms with Crippen molar-refractivity contribution in [2.24, 2.45) is 0 Å². The van der Waals surface area contributed by atoms with Crippen LogP contribution in [0.25, 0.3) is 22.2 Å². The van der Waals surface area contributed by atoms with Crippen LogP contribution in [0.15, 0.2) is 36.4 Å². The number of benzene rings is 2. The Labute approximate surface area is 171 Å². The highest BCUT2D eigenvalue weighted by Gasteiger charge is 2.49. The van der Waals surface area contributed by atoms with Crippen molar-refractivity contribution in [3.8, 4) is 11.3 Å². The minimum absolute atomic E-state index is 0.0169. The van der Waals surface area contributed by atoms with Gasteiger partial charge < -0.3 is 15.6 Å². The fourth-order valence-corrected chi connectivity index (χ4v) is 4.52. The summed E-state index contributed by atoms with van der Waals surface area (Å²) in [6.45, 7) is 0. The first-order valence-corrected chi connectivity index (χ1v) is 10.2. The monoisotopic (exact) mass is 413 g/mol. The van der Waals surface area contributed by atoms with Crippen LogP contribution in [-0.2, 0) is 4.79 Å². The second-order valence-corrected chi connectivity index (χ2v) is 8.40. The average molecular weight is 413 g/mol. The van der Waals surface area contributed by atoms with E-state index in [0.29, 0.717) is 29.5 Å². The lowest BCUT2D eigenvalue weighted by molar-refractivity contribution is -0.125. The van der Waals surface area contributed by atoms with E-state index in [-0.39, 0.29) is 29.2 Å². The summed E-state index contributed by atoms with van der Waals surface area (Å²) < 4.78 is 41.8. The molecule has 2 aromatic carbocycles. The summed E-state index contributed by atoms with van der Waals surface area (Å²) in [5.74, 6) is -1.61. The number of aromatic amines is 1. The predicted molar refractivity (Wildman–Crippen MR) is 109 cm³/mol. The van der Waals surface area contributed by atoms with Gasteiger partial charge in [0, 0.05) is 17.5 Å². The van der Waals surface area contributed by atoms with Gasteiger partial charge in [-0.2, -0.15) is 0 Å². The second kappa shape index (κ2) is 6.87. The second-order valence-electron chi connectivity index (χ2n) is 8.40. The predicted octanol–water partition coefficient (Wildman–Crippen LogP) is 4.37. The van der Waals surface area contributed by atoms with E-state index in [9.17, 15) is 18.0 Å². The van der Waals surface area contributed by atoms with E-state index in [0.717, 1.165) is 24.5 Å². The molecule has 0 saturated heterocycles. The Morgan fingerprint density at radius 1 is 1.07 bits per heavy atom. The number of hydrogen-bond donors (Lipinski definition) is 3. The van der Waals surface area contributed by atoms with Gasteiger partial charge in [0.15, 0.2) is 0 Å². The van der Waals surface area contributed by atoms with Gasteiger partial charge in [-0.1, -0.05) is 0 Å². The van der Waals surface area contributed by atoms with Crippen molar-refractivity contribution in [3.63, 3.8) is 0 Å². The minimum Gasteiger partial charge on any atom is -0.352 e. The fraction of sp³-hybridized carbons (Fsp3) is 0.348. The van der Waals surface area contributed by atoms with Crippen LogP contribution in [0.3, 0.4) is 0 Å². The number of amides is 1. The Bertz CT molecular complexity index is 1130. The summed E-state index contributed by atoms with van der Waals surface area (Å²) in [6, 6.07) is 8.16. The van der Waals surface area contributed by atoms with Gasteiger partial charge >= 0.3 is 0 Å². The Morgan fingerprint density at radius 2 is 1.77 bits per heavy atom. The van der Waals surface area contributed by atoms with E-state index < -0.39 is 17.2 Å². The maximum Gasteiger partial charge on any atom is 0.240 e. The van der Waals surface area contributed by atoms with E-state index in [1.165, 1.54) is 18.2 Å². The van der Waals surface area contributed by atoms with Crippen LogP contribution in [-0.4, -0.2) is 29.5 Å². The van der Waals surface area contributed by atoms with Gasteiger partial charge in [-0.3, -0.25) is 4.79 Å². The van der Waals surface area contributed by atoms with Crippen LogP contribution in [0.2, 0.25) is 0 Å². The minimum atomic E-state index is -0.659. The number of fused-ring (bicyclic) bond motifs is 1. The molecule has 0 bridgehead atoms. The number of likely N-dealkylation sites (N-methyl/N-ethyl adjacent to an activating group) is 1. The summed E-state index contributed by atoms with van der Waals surface area (Å²) in [5.41, 5.74) is 2.00. The third-order valence-corrected chi connectivity index (χ3v) is 6.54. The van der Waals surface area contributed by atoms with Gasteiger partial charge in [-0.25, -0.2) is 13.2 Å². The summed E-state index contributed by atoms with van der Waals surface area (Å²) in [4.78, 5) is 15.5. The maximum absolute atomic E-state index is 14.4. The van der Waals surface area contributed by atoms with Crippen LogP contribution in [0.1, 0.15) is 37.2 Å². The molecule has 30 heavy (non-hydrogen) atoms. The van der Waals surface area contributed by atoms with Crippen molar-refractivity contribution in [1.82, 2.24) is 15.6 Å². The third-order valence-electron chi connectivity index (χ3n) is 6.54. The van der Waals surface area contributed by atoms with Gasteiger partial charge in [-0.05, 0) is 80.1 Å². The van der Waals surface area contributed by atoms with Gasteiger partial charge in [0.25, 0.3) is 0 Å². The molecular weight excluding hydrogens is 391 g/mol. The summed E-state index contributed by atoms with van der Waals surface area (Å²) in [5, 5.41) is 6.67. The largest absolute Gasteiger partial charge is 0.352 e. The lowest BCUT2D eigenvalue weighted by atomic mass is 9.74. The first-order chi connectivity index (χ1) is 14.4. The van der Waals surface area contributed by atoms with Crippen LogP contribution < -0.4 is 10.6 Å². The molecule has 0 unspecified atom stereocenters. The number of H-pyrrole nitrogens is 1. The number of hydrogen-bond acceptors (Lipinski definition) is 2. The number of aromatic nitrogens is 1. The first-order valence-electron chi connectivity index (χ1n) is 10.2. The molecule has 2 aliphatic rings. The summed E-state index contributed by atoms with van der Waals surface area (Å²) in [6.07, 6.45) is 3.04. The number of carbonyl (C=O) groups is 1. The Balaban J connectivity index is 1.47. The molecule has 1 aromatic heterocycles. The van der Waals surface area contributed by atoms with E-state index in [2.05, 4.69) is 15.6 Å². The van der Waals surface area contributed by atoms with Crippen molar-refractivity contribution in [3.05, 3.63) is 59.4 Å². The molecule has 4 nitrogen and oxygen atoms in total. The van der Waals surface area contributed by atoms with Crippen LogP contribution in [0, 0.1) is 17.5 Å². The standard InChI is InChI=1S/C23H22F3N3O/c1-27-23(6-7-23)22(30)28-16-8-13(9-16)19-17-10-15(25)11-18(26)21(17)29-20(19)12-2-4-14(24)5-3-12/h2-5,10-11,13,16,27,29H,6-9H2,1H3,(H,28,30)/t13-,16-. The van der Waals surface area contributed by atoms with Crippen LogP contribution in [0.4, 0.5) is 13.2 Å². The van der Waals surface area contributed by atoms with Crippen molar-refractivity contribution >= 4 is 16.8 Å². The van der Waals surface area contributed by atoms with E-state index in [4.69, 9.17) is 0 Å². The first kappa shape index (κ1) is 19.2. The summed E-state index contributed by atoms with van der Waals surface area (Å²) in [7, 11) is 1.79. The average Bonchev–Trinajstić information content (AvgIpc) is 3.41. The third kappa shape index (κ3) is 3.08. The zero-order chi connectivity index (χ0) is 21.0. The van der Waals surface area contributed by atoms with Crippen LogP contribution >= 0.6 is 0 Å². The molecule has 2 aliphatic carbocycles. The molecule has 2 fully saturated rings. The Morgan fingerprint density at radius 3 is 2.40 bits per heavy atom. The molecule has 5 rings (SSSR count). The van der Waals surface area contributed by atoms with Gasteiger partial charge in [0.05, 0.1) is 16.7 Å². The lowest BCUT2D eigenvalue weighted by Gasteiger charge is -2.37. The molecule has 156 valence electrons. The van der Waals surface area contributed by atoms with Crippen molar-refractivity contribution in [2.45, 2.75) is 43.2 Å². The van der Waals surface area contributed by atoms with E-state index in [1.807, 2.05) is 0 Å². The van der Waals surface area contributed by atoms with Crippen molar-refractivity contribution in [2.75, 3.05) is 7.05 Å². The smallest absolute Gasteiger partial charge is 0.240 e. The molecule has 1 amide bonds. The molecular formula is C23H22F3N3O. The molecule has 0 radical (unpaired) electrons. The molecule has 3 N–H and O–H groups in total. The molecule has 0 spiro atoms. The quantitative estimate of drug-likeness (QED) is 0.582. The highest BCUT2D eigenvalue weighted by molar-refractivity contribution is 5.92. The topological polar surface area (TPSA) is 56.9 Å².